The number of thiophene rings is 1. The normalized spacial score (nSPS) is 10.5. The molecule has 2 N–H and O–H groups in total. The van der Waals surface area contributed by atoms with Crippen LogP contribution in [0.4, 0.5) is 0 Å². The van der Waals surface area contributed by atoms with Gasteiger partial charge in [0.1, 0.15) is 11.4 Å². The molecule has 0 bridgehead atoms. The summed E-state index contributed by atoms with van der Waals surface area (Å²) in [5, 5.41) is 13.4. The van der Waals surface area contributed by atoms with Gasteiger partial charge in [-0.25, -0.2) is 0 Å². The monoisotopic (exact) mass is 430 g/mol. The minimum atomic E-state index is -0.179. The average Bonchev–Trinajstić information content (AvgIpc) is 3.13. The first-order valence-electron chi connectivity index (χ1n) is 8.78. The number of aryl methyl sites for hydroxylation is 1. The number of benzene rings is 1. The van der Waals surface area contributed by atoms with Gasteiger partial charge in [0.25, 0.3) is 0 Å². The third-order valence-corrected chi connectivity index (χ3v) is 6.03. The maximum atomic E-state index is 12.4. The minimum Gasteiger partial charge on any atom is -0.384 e. The number of carbonyl (C=O) groups excluding carboxylic acids is 1. The Morgan fingerprint density at radius 3 is 2.79 bits per heavy atom. The Balaban J connectivity index is 1.81. The second-order valence-electron chi connectivity index (χ2n) is 6.14. The number of pyridine rings is 1. The summed E-state index contributed by atoms with van der Waals surface area (Å²) >= 11 is 13.1. The number of nitrogens with zero attached hydrogens (tertiary/aromatic N) is 1. The molecule has 4 nitrogen and oxygen atoms in total. The second-order valence-corrected chi connectivity index (χ2v) is 8.01. The molecule has 2 aromatic heterocycles. The van der Waals surface area contributed by atoms with E-state index in [1.165, 1.54) is 11.3 Å². The van der Waals surface area contributed by atoms with E-state index in [4.69, 9.17) is 28.9 Å². The third-order valence-electron chi connectivity index (χ3n) is 4.21. The molecule has 0 aliphatic carbocycles. The fourth-order valence-corrected chi connectivity index (χ4v) is 4.37. The number of amides is 1. The predicted octanol–water partition coefficient (Wildman–Crippen LogP) is 4.31. The number of fused-ring (bicyclic) bond motifs is 1. The highest BCUT2D eigenvalue weighted by Crippen LogP contribution is 2.28. The second kappa shape index (κ2) is 9.35. The topological polar surface area (TPSA) is 54.3 Å². The summed E-state index contributed by atoms with van der Waals surface area (Å²) in [6.07, 6.45) is 2.17. The molecular weight excluding hydrogens is 412 g/mol. The van der Waals surface area contributed by atoms with Crippen molar-refractivity contribution in [2.75, 3.05) is 6.61 Å². The molecule has 0 atom stereocenters. The Kier molecular flexibility index (Phi) is 6.87. The zero-order valence-corrected chi connectivity index (χ0v) is 17.7. The van der Waals surface area contributed by atoms with Crippen LogP contribution in [0.25, 0.3) is 10.2 Å². The van der Waals surface area contributed by atoms with Gasteiger partial charge in [0, 0.05) is 29.7 Å². The Morgan fingerprint density at radius 2 is 2.11 bits per heavy atom. The van der Waals surface area contributed by atoms with Gasteiger partial charge in [-0.1, -0.05) is 47.8 Å². The summed E-state index contributed by atoms with van der Waals surface area (Å²) in [4.78, 5) is 14.3. The number of aliphatic hydroxyl groups excluding tert-OH is 1. The largest absolute Gasteiger partial charge is 0.384 e. The van der Waals surface area contributed by atoms with Crippen LogP contribution in [0.5, 0.6) is 0 Å². The lowest BCUT2D eigenvalue weighted by Gasteiger charge is -2.10. The first-order chi connectivity index (χ1) is 13.5. The first kappa shape index (κ1) is 20.6. The van der Waals surface area contributed by atoms with Crippen molar-refractivity contribution in [1.82, 2.24) is 9.88 Å². The maximum Gasteiger partial charge on any atom is 0.224 e. The Labute approximate surface area is 177 Å². The van der Waals surface area contributed by atoms with Crippen LogP contribution in [0.2, 0.25) is 5.02 Å². The smallest absolute Gasteiger partial charge is 0.224 e. The van der Waals surface area contributed by atoms with Crippen LogP contribution in [0.1, 0.15) is 22.9 Å². The first-order valence-corrected chi connectivity index (χ1v) is 10.4. The van der Waals surface area contributed by atoms with Gasteiger partial charge < -0.3 is 15.0 Å². The minimum absolute atomic E-state index is 0.0846. The number of carbonyl (C=O) groups is 1. The molecule has 1 aromatic carbocycles. The van der Waals surface area contributed by atoms with Crippen molar-refractivity contribution in [2.24, 2.45) is 0 Å². The van der Waals surface area contributed by atoms with Gasteiger partial charge in [0.2, 0.25) is 5.91 Å². The number of halogens is 1. The molecule has 0 aliphatic heterocycles. The van der Waals surface area contributed by atoms with Crippen molar-refractivity contribution < 1.29 is 9.90 Å². The molecule has 7 heteroatoms. The van der Waals surface area contributed by atoms with Crippen LogP contribution in [-0.2, 0) is 24.3 Å². The van der Waals surface area contributed by atoms with Crippen molar-refractivity contribution in [1.29, 1.82) is 0 Å². The average molecular weight is 431 g/mol. The van der Waals surface area contributed by atoms with Gasteiger partial charge in [-0.15, -0.1) is 11.3 Å². The van der Waals surface area contributed by atoms with Gasteiger partial charge in [0.15, 0.2) is 0 Å². The van der Waals surface area contributed by atoms with E-state index in [1.807, 2.05) is 31.3 Å². The summed E-state index contributed by atoms with van der Waals surface area (Å²) in [5.41, 5.74) is 1.80. The zero-order chi connectivity index (χ0) is 20.1. The van der Waals surface area contributed by atoms with E-state index in [9.17, 15) is 4.79 Å². The number of hydrogen-bond acceptors (Lipinski definition) is 4. The number of hydrogen-bond donors (Lipinski definition) is 2. The van der Waals surface area contributed by atoms with Gasteiger partial charge in [-0.05, 0) is 36.2 Å². The van der Waals surface area contributed by atoms with Crippen LogP contribution in [-0.4, -0.2) is 22.2 Å². The molecule has 0 fully saturated rings. The van der Waals surface area contributed by atoms with Gasteiger partial charge >= 0.3 is 0 Å². The lowest BCUT2D eigenvalue weighted by atomic mass is 10.1. The predicted molar refractivity (Wildman–Crippen MR) is 117 cm³/mol. The zero-order valence-electron chi connectivity index (χ0n) is 15.3. The number of aromatic nitrogens is 1. The van der Waals surface area contributed by atoms with Crippen molar-refractivity contribution in [3.05, 3.63) is 62.1 Å². The van der Waals surface area contributed by atoms with Crippen LogP contribution in [0.3, 0.4) is 0 Å². The standard InChI is InChI=1S/C21H19ClN2O2S2/c1-2-24-13-15(10-19(26)23-12-14-5-7-16(22)8-6-14)20(27)18-11-17(4-3-9-25)28-21(18)24/h5-8,11,13,25H,2,9-10,12H2,1H3,(H,23,26). The van der Waals surface area contributed by atoms with E-state index in [-0.39, 0.29) is 18.9 Å². The van der Waals surface area contributed by atoms with Crippen LogP contribution >= 0.6 is 35.2 Å². The summed E-state index contributed by atoms with van der Waals surface area (Å²) < 4.78 is 2.76. The fraction of sp³-hybridized carbons (Fsp3) is 0.238. The molecule has 144 valence electrons. The fourth-order valence-electron chi connectivity index (χ4n) is 2.82. The molecule has 2 heterocycles. The van der Waals surface area contributed by atoms with E-state index in [0.717, 1.165) is 32.8 Å². The summed E-state index contributed by atoms with van der Waals surface area (Å²) in [6, 6.07) is 9.32. The maximum absolute atomic E-state index is 12.4. The highest BCUT2D eigenvalue weighted by Gasteiger charge is 2.12. The van der Waals surface area contributed by atoms with E-state index < -0.39 is 0 Å². The van der Waals surface area contributed by atoms with Crippen molar-refractivity contribution in [3.63, 3.8) is 0 Å². The van der Waals surface area contributed by atoms with Crippen molar-refractivity contribution in [3.8, 4) is 11.8 Å². The summed E-state index contributed by atoms with van der Waals surface area (Å²) in [6.45, 7) is 3.07. The molecule has 0 radical (unpaired) electrons. The molecule has 28 heavy (non-hydrogen) atoms. The number of rotatable bonds is 5. The summed E-state index contributed by atoms with van der Waals surface area (Å²) in [5.74, 6) is 5.52. The van der Waals surface area contributed by atoms with Crippen LogP contribution < -0.4 is 5.32 Å². The SMILES string of the molecule is CCn1cc(CC(=O)NCc2ccc(Cl)cc2)c(=S)c2cc(C#CCO)sc21. The summed E-state index contributed by atoms with van der Waals surface area (Å²) in [7, 11) is 0. The highest BCUT2D eigenvalue weighted by atomic mass is 35.5. The Bertz CT molecular complexity index is 1120. The van der Waals surface area contributed by atoms with E-state index in [0.29, 0.717) is 16.1 Å². The highest BCUT2D eigenvalue weighted by molar-refractivity contribution is 7.71. The van der Waals surface area contributed by atoms with Crippen LogP contribution in [0.15, 0.2) is 36.5 Å². The van der Waals surface area contributed by atoms with Gasteiger partial charge in [-0.3, -0.25) is 4.79 Å². The van der Waals surface area contributed by atoms with Crippen molar-refractivity contribution >= 4 is 51.3 Å². The quantitative estimate of drug-likeness (QED) is 0.468. The molecule has 0 spiro atoms. The molecule has 0 saturated heterocycles. The Hall–Kier alpha value is -2.17. The van der Waals surface area contributed by atoms with Crippen molar-refractivity contribution in [2.45, 2.75) is 26.4 Å². The number of nitrogens with one attached hydrogen (secondary N) is 1. The van der Waals surface area contributed by atoms with E-state index in [2.05, 4.69) is 21.7 Å². The van der Waals surface area contributed by atoms with E-state index >= 15 is 0 Å². The molecule has 0 saturated carbocycles. The number of aliphatic hydroxyl groups is 1. The third kappa shape index (κ3) is 4.81. The molecule has 1 amide bonds. The Morgan fingerprint density at radius 1 is 1.36 bits per heavy atom. The molecule has 3 aromatic rings. The van der Waals surface area contributed by atoms with E-state index in [1.54, 1.807) is 12.1 Å². The molecular formula is C21H19ClN2O2S2. The van der Waals surface area contributed by atoms with Gasteiger partial charge in [0.05, 0.1) is 15.8 Å². The molecule has 0 aliphatic rings. The lowest BCUT2D eigenvalue weighted by Crippen LogP contribution is -2.24. The van der Waals surface area contributed by atoms with Gasteiger partial charge in [-0.2, -0.15) is 0 Å². The molecule has 3 rings (SSSR count). The molecule has 0 unspecified atom stereocenters. The van der Waals surface area contributed by atoms with Crippen LogP contribution in [0, 0.1) is 16.4 Å². The lowest BCUT2D eigenvalue weighted by molar-refractivity contribution is -0.120.